The smallest absolute Gasteiger partial charge is 0.0666 e. The molecule has 1 saturated carbocycles. The Morgan fingerprint density at radius 3 is 2.67 bits per heavy atom. The largest absolute Gasteiger partial charge is 0.383 e. The molecule has 0 saturated heterocycles. The Hall–Kier alpha value is -0.930. The molecule has 0 bridgehead atoms. The molecule has 0 amide bonds. The van der Waals surface area contributed by atoms with Gasteiger partial charge in [0.1, 0.15) is 0 Å². The fourth-order valence-electron chi connectivity index (χ4n) is 2.15. The summed E-state index contributed by atoms with van der Waals surface area (Å²) in [5, 5.41) is 4.30. The van der Waals surface area contributed by atoms with Gasteiger partial charge >= 0.3 is 0 Å². The van der Waals surface area contributed by atoms with Crippen LogP contribution in [0.25, 0.3) is 0 Å². The number of ether oxygens (including phenoxy) is 1. The third-order valence-corrected chi connectivity index (χ3v) is 3.62. The monoisotopic (exact) mass is 268 g/mol. The average molecular weight is 269 g/mol. The zero-order valence-corrected chi connectivity index (χ0v) is 12.0. The Labute approximate surface area is 114 Å². The molecule has 4 heteroatoms. The number of benzene rings is 1. The summed E-state index contributed by atoms with van der Waals surface area (Å²) in [6.45, 7) is 0.748. The summed E-state index contributed by atoms with van der Waals surface area (Å²) in [6.07, 6.45) is 2.59. The second-order valence-electron chi connectivity index (χ2n) is 5.10. The van der Waals surface area contributed by atoms with E-state index in [9.17, 15) is 0 Å². The molecule has 1 aromatic carbocycles. The molecule has 0 aliphatic heterocycles. The van der Waals surface area contributed by atoms with Crippen molar-refractivity contribution >= 4 is 23.0 Å². The summed E-state index contributed by atoms with van der Waals surface area (Å²) in [7, 11) is 5.73. The van der Waals surface area contributed by atoms with Crippen LogP contribution in [0.5, 0.6) is 0 Å². The van der Waals surface area contributed by atoms with E-state index in [1.165, 1.54) is 12.8 Å². The Morgan fingerprint density at radius 2 is 2.17 bits per heavy atom. The number of halogens is 1. The fourth-order valence-corrected chi connectivity index (χ4v) is 2.50. The van der Waals surface area contributed by atoms with Gasteiger partial charge in [-0.15, -0.1) is 0 Å². The molecule has 1 unspecified atom stereocenters. The molecule has 18 heavy (non-hydrogen) atoms. The normalized spacial score (nSPS) is 16.4. The standard InChI is InChI=1S/C14H21ClN2O/c1-17(2)14-7-6-11(8-12(14)15)16-13(9-18-3)10-4-5-10/h6-8,10,13,16H,4-5,9H2,1-3H3. The van der Waals surface area contributed by atoms with Crippen LogP contribution in [0, 0.1) is 5.92 Å². The van der Waals surface area contributed by atoms with Crippen LogP contribution < -0.4 is 10.2 Å². The summed E-state index contributed by atoms with van der Waals surface area (Å²) in [6, 6.07) is 6.51. The molecule has 1 N–H and O–H groups in total. The minimum absolute atomic E-state index is 0.399. The van der Waals surface area contributed by atoms with Crippen LogP contribution in [0.4, 0.5) is 11.4 Å². The molecule has 1 fully saturated rings. The Kier molecular flexibility index (Phi) is 4.36. The van der Waals surface area contributed by atoms with Crippen LogP contribution >= 0.6 is 11.6 Å². The molecule has 0 aromatic heterocycles. The van der Waals surface area contributed by atoms with Gasteiger partial charge in [0.05, 0.1) is 23.4 Å². The molecular formula is C14H21ClN2O. The zero-order chi connectivity index (χ0) is 13.1. The Morgan fingerprint density at radius 1 is 1.44 bits per heavy atom. The number of methoxy groups -OCH3 is 1. The average Bonchev–Trinajstić information content (AvgIpc) is 3.11. The number of hydrogen-bond acceptors (Lipinski definition) is 3. The van der Waals surface area contributed by atoms with Crippen LogP contribution in [-0.4, -0.2) is 33.9 Å². The highest BCUT2D eigenvalue weighted by molar-refractivity contribution is 6.33. The van der Waals surface area contributed by atoms with Crippen LogP contribution in [0.15, 0.2) is 18.2 Å². The Balaban J connectivity index is 2.06. The van der Waals surface area contributed by atoms with E-state index in [2.05, 4.69) is 11.4 Å². The molecule has 0 spiro atoms. The van der Waals surface area contributed by atoms with Crippen molar-refractivity contribution in [3.8, 4) is 0 Å². The first kappa shape index (κ1) is 13.5. The third kappa shape index (κ3) is 3.30. The number of anilines is 2. The van der Waals surface area contributed by atoms with Crippen LogP contribution in [0.2, 0.25) is 5.02 Å². The first-order valence-electron chi connectivity index (χ1n) is 6.34. The van der Waals surface area contributed by atoms with E-state index < -0.39 is 0 Å². The first-order valence-corrected chi connectivity index (χ1v) is 6.72. The van der Waals surface area contributed by atoms with Crippen molar-refractivity contribution in [2.45, 2.75) is 18.9 Å². The summed E-state index contributed by atoms with van der Waals surface area (Å²) in [5.41, 5.74) is 2.11. The summed E-state index contributed by atoms with van der Waals surface area (Å²) in [5.74, 6) is 0.747. The predicted molar refractivity (Wildman–Crippen MR) is 77.8 cm³/mol. The van der Waals surface area contributed by atoms with Crippen molar-refractivity contribution in [2.24, 2.45) is 5.92 Å². The molecule has 0 radical (unpaired) electrons. The van der Waals surface area contributed by atoms with Gasteiger partial charge in [-0.25, -0.2) is 0 Å². The summed E-state index contributed by atoms with van der Waals surface area (Å²) < 4.78 is 5.27. The molecule has 1 aromatic rings. The van der Waals surface area contributed by atoms with E-state index in [1.807, 2.05) is 31.1 Å². The van der Waals surface area contributed by atoms with Gasteiger partial charge in [-0.3, -0.25) is 0 Å². The van der Waals surface area contributed by atoms with E-state index >= 15 is 0 Å². The van der Waals surface area contributed by atoms with Crippen LogP contribution in [0.3, 0.4) is 0 Å². The van der Waals surface area contributed by atoms with Crippen molar-refractivity contribution in [3.05, 3.63) is 23.2 Å². The SMILES string of the molecule is COCC(Nc1ccc(N(C)C)c(Cl)c1)C1CC1. The van der Waals surface area contributed by atoms with Gasteiger partial charge in [-0.1, -0.05) is 11.6 Å². The van der Waals surface area contributed by atoms with Gasteiger partial charge in [-0.2, -0.15) is 0 Å². The van der Waals surface area contributed by atoms with Crippen molar-refractivity contribution in [1.82, 2.24) is 0 Å². The number of rotatable bonds is 6. The van der Waals surface area contributed by atoms with Crippen molar-refractivity contribution in [2.75, 3.05) is 38.0 Å². The zero-order valence-electron chi connectivity index (χ0n) is 11.2. The van der Waals surface area contributed by atoms with Gasteiger partial charge in [-0.05, 0) is 37.0 Å². The van der Waals surface area contributed by atoms with Crippen molar-refractivity contribution in [3.63, 3.8) is 0 Å². The van der Waals surface area contributed by atoms with E-state index in [0.717, 1.165) is 28.9 Å². The third-order valence-electron chi connectivity index (χ3n) is 3.32. The summed E-state index contributed by atoms with van der Waals surface area (Å²) >= 11 is 6.27. The van der Waals surface area contributed by atoms with E-state index in [4.69, 9.17) is 16.3 Å². The van der Waals surface area contributed by atoms with Crippen LogP contribution in [0.1, 0.15) is 12.8 Å². The molecular weight excluding hydrogens is 248 g/mol. The highest BCUT2D eigenvalue weighted by Gasteiger charge is 2.31. The highest BCUT2D eigenvalue weighted by Crippen LogP contribution is 2.35. The quantitative estimate of drug-likeness (QED) is 0.857. The maximum atomic E-state index is 6.27. The fraction of sp³-hybridized carbons (Fsp3) is 0.571. The van der Waals surface area contributed by atoms with Gasteiger partial charge in [0.2, 0.25) is 0 Å². The molecule has 1 aliphatic carbocycles. The number of nitrogens with zero attached hydrogens (tertiary/aromatic N) is 1. The predicted octanol–water partition coefficient (Wildman–Crippen LogP) is 3.24. The van der Waals surface area contributed by atoms with Gasteiger partial charge < -0.3 is 15.0 Å². The second kappa shape index (κ2) is 5.81. The molecule has 100 valence electrons. The Bertz CT molecular complexity index is 405. The van der Waals surface area contributed by atoms with Crippen molar-refractivity contribution in [1.29, 1.82) is 0 Å². The van der Waals surface area contributed by atoms with Gasteiger partial charge in [0.15, 0.2) is 0 Å². The van der Waals surface area contributed by atoms with E-state index in [1.54, 1.807) is 7.11 Å². The van der Waals surface area contributed by atoms with Gasteiger partial charge in [0, 0.05) is 26.9 Å². The maximum absolute atomic E-state index is 6.27. The molecule has 0 heterocycles. The van der Waals surface area contributed by atoms with E-state index in [-0.39, 0.29) is 0 Å². The number of nitrogens with one attached hydrogen (secondary N) is 1. The molecule has 3 nitrogen and oxygen atoms in total. The lowest BCUT2D eigenvalue weighted by Gasteiger charge is -2.20. The molecule has 1 atom stereocenters. The summed E-state index contributed by atoms with van der Waals surface area (Å²) in [4.78, 5) is 2.01. The van der Waals surface area contributed by atoms with Gasteiger partial charge in [0.25, 0.3) is 0 Å². The lowest BCUT2D eigenvalue weighted by Crippen LogP contribution is -2.27. The van der Waals surface area contributed by atoms with E-state index in [0.29, 0.717) is 6.04 Å². The minimum Gasteiger partial charge on any atom is -0.383 e. The minimum atomic E-state index is 0.399. The topological polar surface area (TPSA) is 24.5 Å². The highest BCUT2D eigenvalue weighted by atomic mass is 35.5. The number of hydrogen-bond donors (Lipinski definition) is 1. The first-order chi connectivity index (χ1) is 8.61. The molecule has 2 rings (SSSR count). The van der Waals surface area contributed by atoms with Crippen LogP contribution in [-0.2, 0) is 4.74 Å². The molecule has 1 aliphatic rings. The van der Waals surface area contributed by atoms with Crippen molar-refractivity contribution < 1.29 is 4.74 Å². The second-order valence-corrected chi connectivity index (χ2v) is 5.51. The maximum Gasteiger partial charge on any atom is 0.0666 e. The lowest BCUT2D eigenvalue weighted by atomic mass is 10.1. The lowest BCUT2D eigenvalue weighted by molar-refractivity contribution is 0.179.